The summed E-state index contributed by atoms with van der Waals surface area (Å²) in [5.74, 6) is 0. The average Bonchev–Trinajstić information content (AvgIpc) is 2.55. The van der Waals surface area contributed by atoms with Crippen LogP contribution in [0.5, 0.6) is 0 Å². The van der Waals surface area contributed by atoms with Gasteiger partial charge in [0, 0.05) is 19.1 Å². The van der Waals surface area contributed by atoms with Crippen molar-refractivity contribution in [3.05, 3.63) is 60.2 Å². The molecule has 0 aliphatic carbocycles. The summed E-state index contributed by atoms with van der Waals surface area (Å²) in [5.41, 5.74) is 3.89. The van der Waals surface area contributed by atoms with Gasteiger partial charge in [0.05, 0.1) is 0 Å². The van der Waals surface area contributed by atoms with E-state index in [0.717, 1.165) is 19.6 Å². The SMILES string of the molecule is CCN(C)CCNC(C)c1ccc(-c2ccccc2)cc1. The van der Waals surface area contributed by atoms with Crippen LogP contribution in [0.1, 0.15) is 25.5 Å². The van der Waals surface area contributed by atoms with Crippen LogP contribution in [-0.4, -0.2) is 31.6 Å². The maximum Gasteiger partial charge on any atom is 0.0292 e. The molecule has 0 fully saturated rings. The molecule has 1 atom stereocenters. The zero-order valence-electron chi connectivity index (χ0n) is 13.3. The van der Waals surface area contributed by atoms with E-state index >= 15 is 0 Å². The molecule has 112 valence electrons. The molecule has 0 aliphatic rings. The van der Waals surface area contributed by atoms with Crippen LogP contribution in [0.3, 0.4) is 0 Å². The third kappa shape index (κ3) is 4.69. The molecule has 1 unspecified atom stereocenters. The fourth-order valence-corrected chi connectivity index (χ4v) is 2.34. The molecule has 2 rings (SSSR count). The van der Waals surface area contributed by atoms with Gasteiger partial charge in [0.25, 0.3) is 0 Å². The predicted octanol–water partition coefficient (Wildman–Crippen LogP) is 3.96. The first-order valence-electron chi connectivity index (χ1n) is 7.78. The van der Waals surface area contributed by atoms with Crippen LogP contribution < -0.4 is 5.32 Å². The van der Waals surface area contributed by atoms with Crippen LogP contribution >= 0.6 is 0 Å². The van der Waals surface area contributed by atoms with Crippen molar-refractivity contribution in [3.8, 4) is 11.1 Å². The average molecular weight is 282 g/mol. The highest BCUT2D eigenvalue weighted by Gasteiger charge is 2.05. The van der Waals surface area contributed by atoms with Crippen molar-refractivity contribution in [1.82, 2.24) is 10.2 Å². The Hall–Kier alpha value is -1.64. The van der Waals surface area contributed by atoms with Gasteiger partial charge < -0.3 is 10.2 Å². The summed E-state index contributed by atoms with van der Waals surface area (Å²) in [4.78, 5) is 2.32. The first kappa shape index (κ1) is 15.7. The van der Waals surface area contributed by atoms with Crippen LogP contribution in [0.15, 0.2) is 54.6 Å². The van der Waals surface area contributed by atoms with Crippen LogP contribution in [0.2, 0.25) is 0 Å². The second-order valence-corrected chi connectivity index (χ2v) is 5.56. The highest BCUT2D eigenvalue weighted by molar-refractivity contribution is 5.63. The highest BCUT2D eigenvalue weighted by atomic mass is 15.1. The Balaban J connectivity index is 1.92. The number of hydrogen-bond acceptors (Lipinski definition) is 2. The Morgan fingerprint density at radius 1 is 0.952 bits per heavy atom. The molecule has 0 radical (unpaired) electrons. The molecule has 2 aromatic rings. The molecule has 0 aromatic heterocycles. The Morgan fingerprint density at radius 3 is 2.19 bits per heavy atom. The van der Waals surface area contributed by atoms with Crippen LogP contribution in [-0.2, 0) is 0 Å². The first-order chi connectivity index (χ1) is 10.2. The molecule has 0 saturated heterocycles. The van der Waals surface area contributed by atoms with E-state index < -0.39 is 0 Å². The van der Waals surface area contributed by atoms with E-state index in [4.69, 9.17) is 0 Å². The van der Waals surface area contributed by atoms with Gasteiger partial charge in [-0.2, -0.15) is 0 Å². The summed E-state index contributed by atoms with van der Waals surface area (Å²) in [6, 6.07) is 19.8. The van der Waals surface area contributed by atoms with Crippen LogP contribution in [0.25, 0.3) is 11.1 Å². The summed E-state index contributed by atoms with van der Waals surface area (Å²) in [7, 11) is 2.15. The fraction of sp³-hybridized carbons (Fsp3) is 0.368. The fourth-order valence-electron chi connectivity index (χ4n) is 2.34. The zero-order chi connectivity index (χ0) is 15.1. The Labute approximate surface area is 128 Å². The molecular formula is C19H26N2. The molecule has 0 heterocycles. The van der Waals surface area contributed by atoms with Gasteiger partial charge in [0.15, 0.2) is 0 Å². The van der Waals surface area contributed by atoms with E-state index in [1.54, 1.807) is 0 Å². The molecule has 2 heteroatoms. The lowest BCUT2D eigenvalue weighted by Gasteiger charge is -2.18. The Morgan fingerprint density at radius 2 is 1.57 bits per heavy atom. The monoisotopic (exact) mass is 282 g/mol. The largest absolute Gasteiger partial charge is 0.309 e. The van der Waals surface area contributed by atoms with Crippen LogP contribution in [0, 0.1) is 0 Å². The molecule has 0 spiro atoms. The summed E-state index contributed by atoms with van der Waals surface area (Å²) in [6.07, 6.45) is 0. The van der Waals surface area contributed by atoms with Crippen molar-refractivity contribution in [2.75, 3.05) is 26.7 Å². The molecule has 1 N–H and O–H groups in total. The van der Waals surface area contributed by atoms with E-state index in [-0.39, 0.29) is 0 Å². The van der Waals surface area contributed by atoms with Gasteiger partial charge in [-0.1, -0.05) is 61.5 Å². The van der Waals surface area contributed by atoms with Crippen molar-refractivity contribution in [3.63, 3.8) is 0 Å². The van der Waals surface area contributed by atoms with Crippen LogP contribution in [0.4, 0.5) is 0 Å². The summed E-state index contributed by atoms with van der Waals surface area (Å²) in [6.45, 7) is 7.62. The quantitative estimate of drug-likeness (QED) is 0.827. The molecule has 0 aliphatic heterocycles. The Kier molecular flexibility index (Phi) is 5.97. The molecular weight excluding hydrogens is 256 g/mol. The highest BCUT2D eigenvalue weighted by Crippen LogP contribution is 2.21. The Bertz CT molecular complexity index is 519. The molecule has 2 aromatic carbocycles. The normalized spacial score (nSPS) is 12.6. The van der Waals surface area contributed by atoms with E-state index in [1.807, 2.05) is 0 Å². The second kappa shape index (κ2) is 7.96. The molecule has 0 amide bonds. The summed E-state index contributed by atoms with van der Waals surface area (Å²) in [5, 5.41) is 3.58. The topological polar surface area (TPSA) is 15.3 Å². The minimum atomic E-state index is 0.389. The number of nitrogens with zero attached hydrogens (tertiary/aromatic N) is 1. The lowest BCUT2D eigenvalue weighted by atomic mass is 10.0. The van der Waals surface area contributed by atoms with Crippen molar-refractivity contribution in [1.29, 1.82) is 0 Å². The smallest absolute Gasteiger partial charge is 0.0292 e. The number of hydrogen-bond donors (Lipinski definition) is 1. The van der Waals surface area contributed by atoms with Gasteiger partial charge in [-0.05, 0) is 37.2 Å². The number of nitrogens with one attached hydrogen (secondary N) is 1. The number of rotatable bonds is 7. The predicted molar refractivity (Wildman–Crippen MR) is 91.5 cm³/mol. The zero-order valence-corrected chi connectivity index (χ0v) is 13.3. The third-order valence-corrected chi connectivity index (χ3v) is 4.00. The van der Waals surface area contributed by atoms with Gasteiger partial charge in [-0.25, -0.2) is 0 Å². The van der Waals surface area contributed by atoms with Gasteiger partial charge in [-0.3, -0.25) is 0 Å². The lowest BCUT2D eigenvalue weighted by Crippen LogP contribution is -2.30. The molecule has 21 heavy (non-hydrogen) atoms. The van der Waals surface area contributed by atoms with E-state index in [1.165, 1.54) is 16.7 Å². The molecule has 0 saturated carbocycles. The molecule has 0 bridgehead atoms. The van der Waals surface area contributed by atoms with Gasteiger partial charge in [0.1, 0.15) is 0 Å². The van der Waals surface area contributed by atoms with Crippen molar-refractivity contribution >= 4 is 0 Å². The summed E-state index contributed by atoms with van der Waals surface area (Å²) < 4.78 is 0. The number of likely N-dealkylation sites (N-methyl/N-ethyl adjacent to an activating group) is 1. The van der Waals surface area contributed by atoms with Crippen molar-refractivity contribution in [2.24, 2.45) is 0 Å². The van der Waals surface area contributed by atoms with E-state index in [0.29, 0.717) is 6.04 Å². The van der Waals surface area contributed by atoms with Crippen molar-refractivity contribution in [2.45, 2.75) is 19.9 Å². The van der Waals surface area contributed by atoms with Gasteiger partial charge >= 0.3 is 0 Å². The van der Waals surface area contributed by atoms with E-state index in [9.17, 15) is 0 Å². The lowest BCUT2D eigenvalue weighted by molar-refractivity contribution is 0.342. The van der Waals surface area contributed by atoms with E-state index in [2.05, 4.69) is 85.7 Å². The second-order valence-electron chi connectivity index (χ2n) is 5.56. The summed E-state index contributed by atoms with van der Waals surface area (Å²) >= 11 is 0. The maximum atomic E-state index is 3.58. The van der Waals surface area contributed by atoms with Gasteiger partial charge in [-0.15, -0.1) is 0 Å². The minimum Gasteiger partial charge on any atom is -0.309 e. The van der Waals surface area contributed by atoms with Crippen molar-refractivity contribution < 1.29 is 0 Å². The standard InChI is InChI=1S/C19H26N2/c1-4-21(3)15-14-20-16(2)17-10-12-19(13-11-17)18-8-6-5-7-9-18/h5-13,16,20H,4,14-15H2,1-3H3. The first-order valence-corrected chi connectivity index (χ1v) is 7.78. The minimum absolute atomic E-state index is 0.389. The van der Waals surface area contributed by atoms with Gasteiger partial charge in [0.2, 0.25) is 0 Å². The molecule has 2 nitrogen and oxygen atoms in total. The number of benzene rings is 2. The third-order valence-electron chi connectivity index (χ3n) is 4.00. The maximum absolute atomic E-state index is 3.58.